The number of halogens is 1. The average Bonchev–Trinajstić information content (AvgIpc) is 2.45. The van der Waals surface area contributed by atoms with Crippen molar-refractivity contribution in [3.63, 3.8) is 0 Å². The molecule has 74 valence electrons. The summed E-state index contributed by atoms with van der Waals surface area (Å²) in [4.78, 5) is 11.2. The maximum atomic E-state index is 11.2. The molecule has 5 heteroatoms. The van der Waals surface area contributed by atoms with E-state index < -0.39 is 0 Å². The van der Waals surface area contributed by atoms with Crippen molar-refractivity contribution < 1.29 is 4.42 Å². The molecule has 1 N–H and O–H groups in total. The summed E-state index contributed by atoms with van der Waals surface area (Å²) in [5.74, 6) is -0.337. The summed E-state index contributed by atoms with van der Waals surface area (Å²) >= 11 is 3.27. The van der Waals surface area contributed by atoms with E-state index in [1.165, 1.54) is 4.57 Å². The van der Waals surface area contributed by atoms with Crippen LogP contribution in [0.2, 0.25) is 0 Å². The number of aryl methyl sites for hydroxylation is 1. The lowest BCUT2D eigenvalue weighted by atomic mass is 10.3. The molecule has 0 unspecified atom stereocenters. The van der Waals surface area contributed by atoms with E-state index in [2.05, 4.69) is 21.2 Å². The zero-order valence-corrected chi connectivity index (χ0v) is 9.17. The molecule has 0 atom stereocenters. The van der Waals surface area contributed by atoms with E-state index in [0.717, 1.165) is 11.2 Å². The van der Waals surface area contributed by atoms with Crippen molar-refractivity contribution in [2.75, 3.05) is 10.8 Å². The van der Waals surface area contributed by atoms with Crippen LogP contribution in [0.25, 0.3) is 11.1 Å². The minimum atomic E-state index is -0.337. The number of nitrogens with one attached hydrogen (secondary N) is 1. The van der Waals surface area contributed by atoms with Crippen LogP contribution in [-0.2, 0) is 7.05 Å². The van der Waals surface area contributed by atoms with Gasteiger partial charge in [-0.3, -0.25) is 4.57 Å². The van der Waals surface area contributed by atoms with E-state index in [4.69, 9.17) is 4.42 Å². The summed E-state index contributed by atoms with van der Waals surface area (Å²) in [6, 6.07) is 5.52. The maximum Gasteiger partial charge on any atom is 0.419 e. The van der Waals surface area contributed by atoms with Crippen LogP contribution in [0.5, 0.6) is 0 Å². The third kappa shape index (κ3) is 1.43. The molecule has 1 heterocycles. The molecule has 2 aromatic rings. The highest BCUT2D eigenvalue weighted by Gasteiger charge is 2.05. The van der Waals surface area contributed by atoms with E-state index in [-0.39, 0.29) is 5.76 Å². The number of hydrogen-bond acceptors (Lipinski definition) is 3. The van der Waals surface area contributed by atoms with E-state index in [1.54, 1.807) is 13.1 Å². The summed E-state index contributed by atoms with van der Waals surface area (Å²) in [6.45, 7) is 0. The highest BCUT2D eigenvalue weighted by molar-refractivity contribution is 9.09. The molecular weight excluding hydrogens is 248 g/mol. The summed E-state index contributed by atoms with van der Waals surface area (Å²) in [7, 11) is 1.69. The highest BCUT2D eigenvalue weighted by atomic mass is 79.9. The number of benzene rings is 1. The Balaban J connectivity index is 2.63. The summed E-state index contributed by atoms with van der Waals surface area (Å²) in [5, 5.41) is 3.10. The second kappa shape index (κ2) is 3.49. The monoisotopic (exact) mass is 256 g/mol. The first-order chi connectivity index (χ1) is 6.72. The van der Waals surface area contributed by atoms with E-state index in [0.29, 0.717) is 11.0 Å². The quantitative estimate of drug-likeness (QED) is 0.660. The lowest BCUT2D eigenvalue weighted by molar-refractivity contribution is 0.528. The molecule has 0 aliphatic rings. The normalized spacial score (nSPS) is 10.7. The fraction of sp³-hybridized carbons (Fsp3) is 0.222. The Bertz CT molecular complexity index is 515. The Morgan fingerprint density at radius 2 is 2.36 bits per heavy atom. The molecule has 0 bridgehead atoms. The maximum absolute atomic E-state index is 11.2. The molecule has 2 rings (SSSR count). The van der Waals surface area contributed by atoms with Gasteiger partial charge in [-0.2, -0.15) is 0 Å². The van der Waals surface area contributed by atoms with Crippen LogP contribution in [0.1, 0.15) is 0 Å². The number of hydrogen-bond donors (Lipinski definition) is 1. The highest BCUT2D eigenvalue weighted by Crippen LogP contribution is 2.17. The van der Waals surface area contributed by atoms with Crippen molar-refractivity contribution in [1.82, 2.24) is 4.57 Å². The van der Waals surface area contributed by atoms with Gasteiger partial charge in [0.2, 0.25) is 0 Å². The first kappa shape index (κ1) is 9.33. The van der Waals surface area contributed by atoms with Gasteiger partial charge in [-0.1, -0.05) is 15.9 Å². The van der Waals surface area contributed by atoms with Gasteiger partial charge in [-0.25, -0.2) is 4.79 Å². The van der Waals surface area contributed by atoms with Crippen LogP contribution in [0.3, 0.4) is 0 Å². The third-order valence-corrected chi connectivity index (χ3v) is 2.34. The number of nitrogens with zero attached hydrogens (tertiary/aromatic N) is 1. The molecule has 4 nitrogen and oxygen atoms in total. The molecule has 0 spiro atoms. The van der Waals surface area contributed by atoms with Crippen LogP contribution >= 0.6 is 15.9 Å². The van der Waals surface area contributed by atoms with Gasteiger partial charge in [0.1, 0.15) is 0 Å². The minimum Gasteiger partial charge on any atom is -0.408 e. The van der Waals surface area contributed by atoms with Crippen LogP contribution in [-0.4, -0.2) is 10.0 Å². The van der Waals surface area contributed by atoms with Gasteiger partial charge >= 0.3 is 5.76 Å². The van der Waals surface area contributed by atoms with Crippen molar-refractivity contribution in [3.8, 4) is 0 Å². The molecule has 1 aromatic carbocycles. The van der Waals surface area contributed by atoms with Gasteiger partial charge in [-0.15, -0.1) is 0 Å². The van der Waals surface area contributed by atoms with E-state index in [9.17, 15) is 4.79 Å². The van der Waals surface area contributed by atoms with Crippen molar-refractivity contribution >= 4 is 32.7 Å². The Morgan fingerprint density at radius 1 is 1.57 bits per heavy atom. The van der Waals surface area contributed by atoms with Crippen LogP contribution in [0.15, 0.2) is 27.4 Å². The molecule has 0 fully saturated rings. The first-order valence-corrected chi connectivity index (χ1v) is 5.24. The number of anilines is 1. The van der Waals surface area contributed by atoms with Gasteiger partial charge in [0.25, 0.3) is 0 Å². The summed E-state index contributed by atoms with van der Waals surface area (Å²) in [6.07, 6.45) is 0. The largest absolute Gasteiger partial charge is 0.419 e. The Morgan fingerprint density at radius 3 is 3.07 bits per heavy atom. The Hall–Kier alpha value is -1.23. The van der Waals surface area contributed by atoms with Crippen LogP contribution in [0.4, 0.5) is 5.69 Å². The van der Waals surface area contributed by atoms with Gasteiger partial charge in [0.05, 0.1) is 11.0 Å². The van der Waals surface area contributed by atoms with Gasteiger partial charge in [0.15, 0.2) is 5.58 Å². The predicted molar refractivity (Wildman–Crippen MR) is 58.9 cm³/mol. The van der Waals surface area contributed by atoms with Crippen molar-refractivity contribution in [2.24, 2.45) is 7.05 Å². The molecule has 0 aliphatic carbocycles. The van der Waals surface area contributed by atoms with Crippen molar-refractivity contribution in [3.05, 3.63) is 28.7 Å². The Kier molecular flexibility index (Phi) is 2.33. The minimum absolute atomic E-state index is 0.337. The van der Waals surface area contributed by atoms with E-state index in [1.807, 2.05) is 12.1 Å². The van der Waals surface area contributed by atoms with Crippen LogP contribution < -0.4 is 11.1 Å². The SMILES string of the molecule is Cn1c(=O)oc2ccc(NCBr)cc21. The second-order valence-corrected chi connectivity index (χ2v) is 3.48. The number of fused-ring (bicyclic) bond motifs is 1. The number of alkyl halides is 1. The number of aromatic nitrogens is 1. The van der Waals surface area contributed by atoms with Gasteiger partial charge in [0, 0.05) is 12.7 Å². The topological polar surface area (TPSA) is 47.2 Å². The lowest BCUT2D eigenvalue weighted by Crippen LogP contribution is -2.08. The first-order valence-electron chi connectivity index (χ1n) is 4.12. The molecule has 0 radical (unpaired) electrons. The van der Waals surface area contributed by atoms with Crippen molar-refractivity contribution in [1.29, 1.82) is 0 Å². The molecular formula is C9H9BrN2O2. The average molecular weight is 257 g/mol. The van der Waals surface area contributed by atoms with Gasteiger partial charge < -0.3 is 9.73 Å². The zero-order chi connectivity index (χ0) is 10.1. The summed E-state index contributed by atoms with van der Waals surface area (Å²) in [5.41, 5.74) is 3.02. The Labute approximate surface area is 88.6 Å². The lowest BCUT2D eigenvalue weighted by Gasteiger charge is -2.01. The molecule has 1 aromatic heterocycles. The molecule has 0 saturated heterocycles. The molecule has 0 saturated carbocycles. The van der Waals surface area contributed by atoms with E-state index >= 15 is 0 Å². The zero-order valence-electron chi connectivity index (χ0n) is 7.58. The third-order valence-electron chi connectivity index (χ3n) is 2.06. The smallest absolute Gasteiger partial charge is 0.408 e. The van der Waals surface area contributed by atoms with Gasteiger partial charge in [-0.05, 0) is 18.2 Å². The molecule has 0 amide bonds. The standard InChI is InChI=1S/C9H9BrN2O2/c1-12-7-4-6(11-5-10)2-3-8(7)14-9(12)13/h2-4,11H,5H2,1H3. The number of oxazole rings is 1. The molecule has 14 heavy (non-hydrogen) atoms. The van der Waals surface area contributed by atoms with Crippen LogP contribution in [0, 0.1) is 0 Å². The van der Waals surface area contributed by atoms with Crippen molar-refractivity contribution in [2.45, 2.75) is 0 Å². The second-order valence-electron chi connectivity index (χ2n) is 2.92. The molecule has 0 aliphatic heterocycles. The number of rotatable bonds is 2. The predicted octanol–water partition coefficient (Wildman–Crippen LogP) is 1.90. The fourth-order valence-corrected chi connectivity index (χ4v) is 1.64. The fourth-order valence-electron chi connectivity index (χ4n) is 1.31. The summed E-state index contributed by atoms with van der Waals surface area (Å²) < 4.78 is 6.48.